The fourth-order valence-electron chi connectivity index (χ4n) is 6.11. The fraction of sp³-hybridized carbons (Fsp3) is 0.895. The van der Waals surface area contributed by atoms with Gasteiger partial charge in [-0.15, -0.1) is 0 Å². The van der Waals surface area contributed by atoms with Crippen LogP contribution in [0.4, 0.5) is 4.79 Å². The van der Waals surface area contributed by atoms with Gasteiger partial charge in [0, 0.05) is 71.0 Å². The molecule has 4 amide bonds. The molecule has 0 aromatic rings. The highest BCUT2D eigenvalue weighted by Crippen LogP contribution is 2.51. The Morgan fingerprint density at radius 1 is 0.776 bits per heavy atom. The zero-order valence-corrected chi connectivity index (χ0v) is 34.9. The maximum atomic E-state index is 11.9. The molecule has 4 rings (SSSR count). The molecule has 2 saturated carbocycles. The van der Waals surface area contributed by atoms with E-state index in [0.29, 0.717) is 24.4 Å². The molecule has 49 heavy (non-hydrogen) atoms. The Morgan fingerprint density at radius 3 is 1.59 bits per heavy atom. The van der Waals surface area contributed by atoms with Crippen LogP contribution in [0.2, 0.25) is 0 Å². The molecule has 0 bridgehead atoms. The molecule has 11 nitrogen and oxygen atoms in total. The van der Waals surface area contributed by atoms with Gasteiger partial charge in [-0.05, 0) is 65.3 Å². The van der Waals surface area contributed by atoms with Crippen LogP contribution < -0.4 is 16.0 Å². The van der Waals surface area contributed by atoms with E-state index in [0.717, 1.165) is 45.2 Å². The SMILES string of the molecule is CC.CC.CC.CC.CCC(C)C(=O)NC.CNC(=O)C1CC2(C1)CN(C)C2.CNC(=O)CCOC1CC2(C1)CN(C(=O)OC(C)(C)C)C2. The highest BCUT2D eigenvalue weighted by molar-refractivity contribution is 5.79. The fourth-order valence-corrected chi connectivity index (χ4v) is 6.11. The molecule has 1 unspecified atom stereocenters. The Balaban J connectivity index is -0.000000641. The van der Waals surface area contributed by atoms with Crippen molar-refractivity contribution in [3.63, 3.8) is 0 Å². The number of likely N-dealkylation sites (tertiary alicyclic amines) is 2. The Bertz CT molecular complexity index is 895. The predicted molar refractivity (Wildman–Crippen MR) is 204 cm³/mol. The second kappa shape index (κ2) is 26.4. The minimum absolute atomic E-state index is 0.00350. The van der Waals surface area contributed by atoms with Crippen LogP contribution in [0.3, 0.4) is 0 Å². The summed E-state index contributed by atoms with van der Waals surface area (Å²) in [5.41, 5.74) is 0.325. The summed E-state index contributed by atoms with van der Waals surface area (Å²) >= 11 is 0. The van der Waals surface area contributed by atoms with E-state index < -0.39 is 5.60 Å². The number of hydrogen-bond acceptors (Lipinski definition) is 7. The molecule has 2 spiro atoms. The second-order valence-corrected chi connectivity index (χ2v) is 13.5. The molecule has 0 aromatic carbocycles. The van der Waals surface area contributed by atoms with Gasteiger partial charge >= 0.3 is 6.09 Å². The predicted octanol–water partition coefficient (Wildman–Crippen LogP) is 6.50. The monoisotopic (exact) mass is 702 g/mol. The molecule has 2 aliphatic carbocycles. The van der Waals surface area contributed by atoms with Crippen molar-refractivity contribution in [1.29, 1.82) is 0 Å². The molecule has 11 heteroatoms. The number of ether oxygens (including phenoxy) is 2. The van der Waals surface area contributed by atoms with Crippen LogP contribution in [0.5, 0.6) is 0 Å². The molecule has 1 atom stereocenters. The van der Waals surface area contributed by atoms with E-state index in [4.69, 9.17) is 9.47 Å². The third-order valence-corrected chi connectivity index (χ3v) is 8.48. The van der Waals surface area contributed by atoms with Crippen molar-refractivity contribution in [1.82, 2.24) is 25.8 Å². The molecule has 4 aliphatic rings. The van der Waals surface area contributed by atoms with Crippen molar-refractivity contribution in [3.8, 4) is 0 Å². The molecular weight excluding hydrogens is 622 g/mol. The van der Waals surface area contributed by atoms with Crippen molar-refractivity contribution in [2.24, 2.45) is 22.7 Å². The lowest BCUT2D eigenvalue weighted by Crippen LogP contribution is -2.65. The summed E-state index contributed by atoms with van der Waals surface area (Å²) in [6.45, 7) is 29.9. The molecule has 2 saturated heterocycles. The zero-order chi connectivity index (χ0) is 39.0. The second-order valence-electron chi connectivity index (χ2n) is 13.5. The molecule has 0 radical (unpaired) electrons. The minimum Gasteiger partial charge on any atom is -0.444 e. The molecular formula is C38H79N5O6. The number of carbonyl (C=O) groups is 4. The number of nitrogens with one attached hydrogen (secondary N) is 3. The van der Waals surface area contributed by atoms with Crippen LogP contribution in [0.15, 0.2) is 0 Å². The van der Waals surface area contributed by atoms with Gasteiger partial charge in [0.05, 0.1) is 12.7 Å². The van der Waals surface area contributed by atoms with E-state index in [1.807, 2.05) is 90.0 Å². The summed E-state index contributed by atoms with van der Waals surface area (Å²) < 4.78 is 11.0. The van der Waals surface area contributed by atoms with Gasteiger partial charge in [-0.3, -0.25) is 14.4 Å². The van der Waals surface area contributed by atoms with Crippen LogP contribution in [0.1, 0.15) is 129 Å². The van der Waals surface area contributed by atoms with Crippen LogP contribution in [0.25, 0.3) is 0 Å². The summed E-state index contributed by atoms with van der Waals surface area (Å²) in [5.74, 6) is 0.843. The molecule has 0 aromatic heterocycles. The van der Waals surface area contributed by atoms with Gasteiger partial charge in [-0.2, -0.15) is 0 Å². The van der Waals surface area contributed by atoms with Gasteiger partial charge in [0.25, 0.3) is 0 Å². The van der Waals surface area contributed by atoms with Crippen molar-refractivity contribution in [2.45, 2.75) is 140 Å². The molecule has 3 N–H and O–H groups in total. The van der Waals surface area contributed by atoms with E-state index in [1.54, 1.807) is 26.0 Å². The first kappa shape index (κ1) is 51.0. The van der Waals surface area contributed by atoms with Crippen molar-refractivity contribution in [3.05, 3.63) is 0 Å². The first-order valence-corrected chi connectivity index (χ1v) is 19.0. The average Bonchev–Trinajstić information content (AvgIpc) is 3.04. The summed E-state index contributed by atoms with van der Waals surface area (Å²) in [6.07, 6.45) is 5.49. The lowest BCUT2D eigenvalue weighted by molar-refractivity contribution is -0.149. The van der Waals surface area contributed by atoms with Gasteiger partial charge in [0.1, 0.15) is 5.60 Å². The topological polar surface area (TPSA) is 129 Å². The average molecular weight is 702 g/mol. The Kier molecular flexibility index (Phi) is 27.5. The highest BCUT2D eigenvalue weighted by Gasteiger charge is 2.55. The number of amides is 4. The summed E-state index contributed by atoms with van der Waals surface area (Å²) in [6, 6.07) is 0. The summed E-state index contributed by atoms with van der Waals surface area (Å²) in [4.78, 5) is 48.8. The number of hydrogen-bond donors (Lipinski definition) is 3. The molecule has 2 heterocycles. The van der Waals surface area contributed by atoms with E-state index in [9.17, 15) is 19.2 Å². The van der Waals surface area contributed by atoms with E-state index in [1.165, 1.54) is 13.1 Å². The number of nitrogens with zero attached hydrogens (tertiary/aromatic N) is 2. The van der Waals surface area contributed by atoms with E-state index >= 15 is 0 Å². The lowest BCUT2D eigenvalue weighted by Gasteiger charge is -2.58. The first-order valence-electron chi connectivity index (χ1n) is 19.0. The van der Waals surface area contributed by atoms with Crippen molar-refractivity contribution >= 4 is 23.8 Å². The van der Waals surface area contributed by atoms with Crippen LogP contribution in [-0.4, -0.2) is 106 Å². The van der Waals surface area contributed by atoms with Crippen LogP contribution in [-0.2, 0) is 23.9 Å². The van der Waals surface area contributed by atoms with Crippen molar-refractivity contribution in [2.75, 3.05) is 61.0 Å². The van der Waals surface area contributed by atoms with Gasteiger partial charge in [0.15, 0.2) is 0 Å². The van der Waals surface area contributed by atoms with Gasteiger partial charge in [0.2, 0.25) is 17.7 Å². The molecule has 4 fully saturated rings. The smallest absolute Gasteiger partial charge is 0.410 e. The van der Waals surface area contributed by atoms with Crippen molar-refractivity contribution < 1.29 is 28.7 Å². The van der Waals surface area contributed by atoms with Gasteiger partial charge < -0.3 is 35.2 Å². The molecule has 2 aliphatic heterocycles. The summed E-state index contributed by atoms with van der Waals surface area (Å²) in [7, 11) is 7.15. The normalized spacial score (nSPS) is 19.4. The highest BCUT2D eigenvalue weighted by atomic mass is 16.6. The third kappa shape index (κ3) is 18.4. The largest absolute Gasteiger partial charge is 0.444 e. The maximum absolute atomic E-state index is 11.9. The Hall–Kier alpha value is -2.40. The van der Waals surface area contributed by atoms with Crippen LogP contribution >= 0.6 is 0 Å². The van der Waals surface area contributed by atoms with Gasteiger partial charge in [-0.25, -0.2) is 4.79 Å². The summed E-state index contributed by atoms with van der Waals surface area (Å²) in [5, 5.41) is 7.86. The minimum atomic E-state index is -0.440. The Morgan fingerprint density at radius 2 is 1.24 bits per heavy atom. The van der Waals surface area contributed by atoms with Crippen LogP contribution in [0, 0.1) is 22.7 Å². The molecule has 292 valence electrons. The standard InChI is InChI=1S/C15H26N2O4.C9H16N2O.C6H13NO.4C2H6/c1-14(2,3)21-13(19)17-9-15(10-17)7-11(8-15)20-6-5-12(18)16-4;1-10-8(12)7-3-9(4-7)5-11(2)6-9;1-4-5(2)6(8)7-3;4*1-2/h11H,5-10H2,1-4H3,(H,16,18);7H,3-6H2,1-2H3,(H,10,12);5H,4H2,1-3H3,(H,7,8);4*1-2H3. The quantitative estimate of drug-likeness (QED) is 0.277. The number of rotatable bonds is 7. The first-order chi connectivity index (χ1) is 23.1. The zero-order valence-electron chi connectivity index (χ0n) is 34.9. The van der Waals surface area contributed by atoms with E-state index in [-0.39, 0.29) is 41.3 Å². The van der Waals surface area contributed by atoms with Gasteiger partial charge in [-0.1, -0.05) is 69.2 Å². The van der Waals surface area contributed by atoms with E-state index in [2.05, 4.69) is 27.9 Å². The number of carbonyl (C=O) groups excluding carboxylic acids is 4. The third-order valence-electron chi connectivity index (χ3n) is 8.48. The Labute approximate surface area is 301 Å². The lowest BCUT2D eigenvalue weighted by atomic mass is 9.57. The maximum Gasteiger partial charge on any atom is 0.410 e.